The molecular formula is C18H16IN. The average Bonchev–Trinajstić information content (AvgIpc) is 2.49. The summed E-state index contributed by atoms with van der Waals surface area (Å²) in [5.41, 5.74) is 4.93. The van der Waals surface area contributed by atoms with Crippen molar-refractivity contribution in [1.82, 2.24) is 0 Å². The molecule has 0 N–H and O–H groups in total. The predicted octanol–water partition coefficient (Wildman–Crippen LogP) is 0.849. The molecular weight excluding hydrogens is 357 g/mol. The van der Waals surface area contributed by atoms with Crippen molar-refractivity contribution in [2.45, 2.75) is 0 Å². The molecule has 0 atom stereocenters. The van der Waals surface area contributed by atoms with Gasteiger partial charge in [-0.25, -0.2) is 0 Å². The zero-order chi connectivity index (χ0) is 13.1. The number of aromatic nitrogens is 1. The Morgan fingerprint density at radius 3 is 1.35 bits per heavy atom. The van der Waals surface area contributed by atoms with Crippen LogP contribution in [0, 0.1) is 0 Å². The van der Waals surface area contributed by atoms with E-state index in [0.717, 1.165) is 0 Å². The number of nitrogens with zero attached hydrogens (tertiary/aromatic N) is 1. The SMILES string of the molecule is C[n+]1c(-c2ccccc2)cccc1-c1ccccc1.[I-]. The maximum atomic E-state index is 2.24. The van der Waals surface area contributed by atoms with Crippen LogP contribution in [-0.4, -0.2) is 0 Å². The molecule has 0 bridgehead atoms. The Hall–Kier alpha value is -1.68. The lowest BCUT2D eigenvalue weighted by atomic mass is 10.1. The fourth-order valence-electron chi connectivity index (χ4n) is 2.38. The van der Waals surface area contributed by atoms with Gasteiger partial charge in [0, 0.05) is 23.3 Å². The summed E-state index contributed by atoms with van der Waals surface area (Å²) in [6.07, 6.45) is 0. The minimum atomic E-state index is 0. The van der Waals surface area contributed by atoms with Crippen LogP contribution in [-0.2, 0) is 7.05 Å². The van der Waals surface area contributed by atoms with Crippen LogP contribution < -0.4 is 28.5 Å². The van der Waals surface area contributed by atoms with E-state index in [1.54, 1.807) is 0 Å². The maximum absolute atomic E-state index is 2.24. The second kappa shape index (κ2) is 6.66. The number of pyridine rings is 1. The lowest BCUT2D eigenvalue weighted by molar-refractivity contribution is -0.649. The summed E-state index contributed by atoms with van der Waals surface area (Å²) in [5.74, 6) is 0. The number of hydrogen-bond donors (Lipinski definition) is 0. The molecule has 0 spiro atoms. The molecule has 2 aromatic carbocycles. The number of halogens is 1. The van der Waals surface area contributed by atoms with Gasteiger partial charge in [-0.1, -0.05) is 36.4 Å². The molecule has 3 aromatic rings. The van der Waals surface area contributed by atoms with Crippen molar-refractivity contribution in [3.63, 3.8) is 0 Å². The summed E-state index contributed by atoms with van der Waals surface area (Å²) in [7, 11) is 2.12. The second-order valence-corrected chi connectivity index (χ2v) is 4.59. The highest BCUT2D eigenvalue weighted by Crippen LogP contribution is 2.19. The van der Waals surface area contributed by atoms with Crippen molar-refractivity contribution in [2.24, 2.45) is 7.05 Å². The van der Waals surface area contributed by atoms with E-state index in [9.17, 15) is 0 Å². The lowest BCUT2D eigenvalue weighted by Crippen LogP contribution is -3.00. The smallest absolute Gasteiger partial charge is 0.212 e. The molecule has 3 rings (SSSR count). The van der Waals surface area contributed by atoms with E-state index in [1.807, 2.05) is 12.1 Å². The van der Waals surface area contributed by atoms with Gasteiger partial charge in [0.15, 0.2) is 0 Å². The Morgan fingerprint density at radius 1 is 0.550 bits per heavy atom. The predicted molar refractivity (Wildman–Crippen MR) is 78.5 cm³/mol. The van der Waals surface area contributed by atoms with Gasteiger partial charge in [-0.15, -0.1) is 0 Å². The molecule has 0 amide bonds. The van der Waals surface area contributed by atoms with Crippen molar-refractivity contribution >= 4 is 0 Å². The summed E-state index contributed by atoms with van der Waals surface area (Å²) in [6, 6.07) is 27.4. The molecule has 0 saturated carbocycles. The molecule has 100 valence electrons. The zero-order valence-corrected chi connectivity index (χ0v) is 13.5. The van der Waals surface area contributed by atoms with Gasteiger partial charge in [0.25, 0.3) is 0 Å². The molecule has 0 fully saturated rings. The highest BCUT2D eigenvalue weighted by molar-refractivity contribution is 5.60. The van der Waals surface area contributed by atoms with Gasteiger partial charge in [-0.3, -0.25) is 0 Å². The van der Waals surface area contributed by atoms with Gasteiger partial charge < -0.3 is 24.0 Å². The molecule has 0 aliphatic carbocycles. The van der Waals surface area contributed by atoms with E-state index < -0.39 is 0 Å². The molecule has 0 radical (unpaired) electrons. The molecule has 2 heteroatoms. The van der Waals surface area contributed by atoms with Gasteiger partial charge in [0.1, 0.15) is 7.05 Å². The van der Waals surface area contributed by atoms with Crippen LogP contribution in [0.5, 0.6) is 0 Å². The van der Waals surface area contributed by atoms with Gasteiger partial charge in [0.2, 0.25) is 11.4 Å². The second-order valence-electron chi connectivity index (χ2n) is 4.59. The molecule has 1 heterocycles. The van der Waals surface area contributed by atoms with Crippen LogP contribution in [0.15, 0.2) is 78.9 Å². The molecule has 1 aromatic heterocycles. The number of rotatable bonds is 2. The molecule has 0 saturated heterocycles. The molecule has 0 aliphatic rings. The summed E-state index contributed by atoms with van der Waals surface area (Å²) in [6.45, 7) is 0. The third kappa shape index (κ3) is 2.90. The zero-order valence-electron chi connectivity index (χ0n) is 11.3. The third-order valence-corrected chi connectivity index (χ3v) is 3.37. The number of benzene rings is 2. The lowest BCUT2D eigenvalue weighted by Gasteiger charge is -2.05. The average molecular weight is 373 g/mol. The minimum Gasteiger partial charge on any atom is -1.00 e. The molecule has 20 heavy (non-hydrogen) atoms. The van der Waals surface area contributed by atoms with Gasteiger partial charge in [0.05, 0.1) is 0 Å². The standard InChI is InChI=1S/C18H16N.HI/c1-19-17(15-9-4-2-5-10-15)13-8-14-18(19)16-11-6-3-7-12-16;/h2-14H,1H3;1H/q+1;/p-1. The first-order valence-electron chi connectivity index (χ1n) is 6.46. The van der Waals surface area contributed by atoms with Crippen LogP contribution in [0.1, 0.15) is 0 Å². The fraction of sp³-hybridized carbons (Fsp3) is 0.0556. The van der Waals surface area contributed by atoms with E-state index in [-0.39, 0.29) is 24.0 Å². The Labute approximate surface area is 136 Å². The van der Waals surface area contributed by atoms with E-state index >= 15 is 0 Å². The van der Waals surface area contributed by atoms with E-state index in [4.69, 9.17) is 0 Å². The fourth-order valence-corrected chi connectivity index (χ4v) is 2.38. The molecule has 0 unspecified atom stereocenters. The van der Waals surface area contributed by atoms with E-state index in [1.165, 1.54) is 22.5 Å². The van der Waals surface area contributed by atoms with Crippen LogP contribution in [0.25, 0.3) is 22.5 Å². The highest BCUT2D eigenvalue weighted by atomic mass is 127. The first-order valence-corrected chi connectivity index (χ1v) is 6.46. The van der Waals surface area contributed by atoms with Crippen molar-refractivity contribution < 1.29 is 28.5 Å². The Balaban J connectivity index is 0.00000147. The summed E-state index contributed by atoms with van der Waals surface area (Å²) in [4.78, 5) is 0. The quantitative estimate of drug-likeness (QED) is 0.463. The van der Waals surface area contributed by atoms with Gasteiger partial charge in [-0.05, 0) is 30.3 Å². The van der Waals surface area contributed by atoms with E-state index in [2.05, 4.69) is 78.3 Å². The van der Waals surface area contributed by atoms with Crippen molar-refractivity contribution in [3.05, 3.63) is 78.9 Å². The van der Waals surface area contributed by atoms with Crippen molar-refractivity contribution in [1.29, 1.82) is 0 Å². The van der Waals surface area contributed by atoms with Crippen LogP contribution >= 0.6 is 0 Å². The van der Waals surface area contributed by atoms with Gasteiger partial charge >= 0.3 is 0 Å². The monoisotopic (exact) mass is 373 g/mol. The Morgan fingerprint density at radius 2 is 0.950 bits per heavy atom. The van der Waals surface area contributed by atoms with Crippen LogP contribution in [0.4, 0.5) is 0 Å². The Bertz CT molecular complexity index is 621. The van der Waals surface area contributed by atoms with Crippen molar-refractivity contribution in [2.75, 3.05) is 0 Å². The highest BCUT2D eigenvalue weighted by Gasteiger charge is 2.14. The minimum absolute atomic E-state index is 0. The van der Waals surface area contributed by atoms with Gasteiger partial charge in [-0.2, -0.15) is 4.57 Å². The van der Waals surface area contributed by atoms with Crippen LogP contribution in [0.3, 0.4) is 0 Å². The van der Waals surface area contributed by atoms with Crippen molar-refractivity contribution in [3.8, 4) is 22.5 Å². The van der Waals surface area contributed by atoms with E-state index in [0.29, 0.717) is 0 Å². The Kier molecular flexibility index (Phi) is 4.90. The topological polar surface area (TPSA) is 3.88 Å². The largest absolute Gasteiger partial charge is 1.00 e. The molecule has 1 nitrogen and oxygen atoms in total. The third-order valence-electron chi connectivity index (χ3n) is 3.37. The normalized spacial score (nSPS) is 9.85. The first kappa shape index (κ1) is 14.7. The molecule has 0 aliphatic heterocycles. The number of hydrogen-bond acceptors (Lipinski definition) is 0. The maximum Gasteiger partial charge on any atom is 0.212 e. The summed E-state index contributed by atoms with van der Waals surface area (Å²) >= 11 is 0. The summed E-state index contributed by atoms with van der Waals surface area (Å²) in [5, 5.41) is 0. The summed E-state index contributed by atoms with van der Waals surface area (Å²) < 4.78 is 2.24. The first-order chi connectivity index (χ1) is 9.36. The van der Waals surface area contributed by atoms with Crippen LogP contribution in [0.2, 0.25) is 0 Å².